The maximum Gasteiger partial charge on any atom is 0.341 e. The highest BCUT2D eigenvalue weighted by Crippen LogP contribution is 2.66. The first-order valence-electron chi connectivity index (χ1n) is 13.7. The highest BCUT2D eigenvalue weighted by molar-refractivity contribution is 5.90. The van der Waals surface area contributed by atoms with E-state index in [4.69, 9.17) is 18.9 Å². The summed E-state index contributed by atoms with van der Waals surface area (Å²) < 4.78 is 24.2. The van der Waals surface area contributed by atoms with Crippen molar-refractivity contribution >= 4 is 17.7 Å². The van der Waals surface area contributed by atoms with Gasteiger partial charge >= 0.3 is 11.9 Å². The molecule has 2 heterocycles. The van der Waals surface area contributed by atoms with Gasteiger partial charge in [0.25, 0.3) is 0 Å². The molecule has 1 N–H and O–H groups in total. The molecule has 0 aromatic heterocycles. The minimum Gasteiger partial charge on any atom is -0.459 e. The number of aliphatic hydroxyl groups excluding tert-OH is 1. The van der Waals surface area contributed by atoms with Gasteiger partial charge in [-0.3, -0.25) is 4.79 Å². The van der Waals surface area contributed by atoms with Gasteiger partial charge in [0.15, 0.2) is 11.4 Å². The first-order valence-corrected chi connectivity index (χ1v) is 13.7. The third-order valence-corrected chi connectivity index (χ3v) is 10.5. The van der Waals surface area contributed by atoms with E-state index in [1.165, 1.54) is 0 Å². The summed E-state index contributed by atoms with van der Waals surface area (Å²) in [4.78, 5) is 40.1. The van der Waals surface area contributed by atoms with Crippen LogP contribution in [0.3, 0.4) is 0 Å². The lowest BCUT2D eigenvalue weighted by molar-refractivity contribution is -0.295. The standard InChI is InChI=1S/C30H44O8/c1-11-16(3)24(33)35-22-14-21(36-25(34)29(9)17(4)37-29)26(5,6)19-13-20(32)30(10)23(28(19,22)8)18(31)15-27(7,12-2)38-30/h11-12,17-19,21-23,31H,2,13-15H2,1,3-10H3. The number of ether oxygens (including phenoxy) is 4. The van der Waals surface area contributed by atoms with Crippen LogP contribution in [0.4, 0.5) is 0 Å². The van der Waals surface area contributed by atoms with Crippen molar-refractivity contribution in [3.05, 3.63) is 24.3 Å². The van der Waals surface area contributed by atoms with Crippen LogP contribution in [-0.2, 0) is 33.3 Å². The highest BCUT2D eigenvalue weighted by Gasteiger charge is 2.73. The molecule has 8 nitrogen and oxygen atoms in total. The summed E-state index contributed by atoms with van der Waals surface area (Å²) in [5.41, 5.74) is -4.27. The van der Waals surface area contributed by atoms with Crippen LogP contribution in [0.1, 0.15) is 81.6 Å². The van der Waals surface area contributed by atoms with Crippen LogP contribution < -0.4 is 0 Å². The van der Waals surface area contributed by atoms with E-state index in [0.29, 0.717) is 5.57 Å². The summed E-state index contributed by atoms with van der Waals surface area (Å²) in [6.07, 6.45) is 1.40. The fourth-order valence-electron chi connectivity index (χ4n) is 7.65. The number of carbonyl (C=O) groups is 3. The van der Waals surface area contributed by atoms with E-state index in [9.17, 15) is 19.5 Å². The van der Waals surface area contributed by atoms with Gasteiger partial charge in [-0.05, 0) is 47.5 Å². The molecule has 10 unspecified atom stereocenters. The second-order valence-corrected chi connectivity index (χ2v) is 13.2. The summed E-state index contributed by atoms with van der Waals surface area (Å²) in [6.45, 7) is 20.4. The van der Waals surface area contributed by atoms with Crippen molar-refractivity contribution in [2.24, 2.45) is 22.7 Å². The Labute approximate surface area is 226 Å². The van der Waals surface area contributed by atoms with Crippen molar-refractivity contribution in [2.45, 2.75) is 123 Å². The largest absolute Gasteiger partial charge is 0.459 e. The Morgan fingerprint density at radius 3 is 2.24 bits per heavy atom. The van der Waals surface area contributed by atoms with E-state index in [1.54, 1.807) is 39.8 Å². The number of carbonyl (C=O) groups excluding carboxylic acids is 3. The topological polar surface area (TPSA) is 112 Å². The normalized spacial score (nSPS) is 47.8. The Hall–Kier alpha value is -2.03. The van der Waals surface area contributed by atoms with Gasteiger partial charge in [-0.15, -0.1) is 6.58 Å². The van der Waals surface area contributed by atoms with Crippen molar-refractivity contribution in [1.82, 2.24) is 0 Å². The molecular formula is C30H44O8. The lowest BCUT2D eigenvalue weighted by atomic mass is 9.42. The zero-order chi connectivity index (χ0) is 28.6. The van der Waals surface area contributed by atoms with Gasteiger partial charge in [0.2, 0.25) is 0 Å². The molecule has 4 aliphatic rings. The molecule has 4 rings (SSSR count). The number of fused-ring (bicyclic) bond motifs is 3. The molecule has 0 aromatic carbocycles. The number of hydrogen-bond donors (Lipinski definition) is 1. The summed E-state index contributed by atoms with van der Waals surface area (Å²) in [6, 6.07) is 0. The monoisotopic (exact) mass is 532 g/mol. The zero-order valence-electron chi connectivity index (χ0n) is 24.3. The van der Waals surface area contributed by atoms with Gasteiger partial charge in [-0.1, -0.05) is 32.9 Å². The van der Waals surface area contributed by atoms with E-state index < -0.39 is 63.8 Å². The van der Waals surface area contributed by atoms with E-state index in [-0.39, 0.29) is 37.1 Å². The number of hydrogen-bond acceptors (Lipinski definition) is 8. The van der Waals surface area contributed by atoms with Crippen LogP contribution in [0.2, 0.25) is 0 Å². The number of Topliss-reactive ketones (excluding diaryl/α,β-unsaturated/α-hetero) is 1. The first kappa shape index (κ1) is 29.0. The van der Waals surface area contributed by atoms with Crippen LogP contribution in [0.15, 0.2) is 24.3 Å². The summed E-state index contributed by atoms with van der Waals surface area (Å²) in [7, 11) is 0. The first-order chi connectivity index (χ1) is 17.4. The second kappa shape index (κ2) is 9.00. The van der Waals surface area contributed by atoms with Crippen LogP contribution in [0.5, 0.6) is 0 Å². The Morgan fingerprint density at radius 1 is 1.11 bits per heavy atom. The third kappa shape index (κ3) is 4.09. The number of aliphatic hydroxyl groups is 1. The van der Waals surface area contributed by atoms with E-state index in [0.717, 1.165) is 0 Å². The molecule has 8 heteroatoms. The maximum absolute atomic E-state index is 13.9. The molecule has 2 saturated carbocycles. The van der Waals surface area contributed by atoms with Crippen molar-refractivity contribution < 1.29 is 38.4 Å². The molecule has 0 radical (unpaired) electrons. The van der Waals surface area contributed by atoms with Gasteiger partial charge < -0.3 is 24.1 Å². The van der Waals surface area contributed by atoms with E-state index in [1.807, 2.05) is 34.6 Å². The molecule has 4 fully saturated rings. The fourth-order valence-corrected chi connectivity index (χ4v) is 7.65. The molecule has 0 spiro atoms. The zero-order valence-corrected chi connectivity index (χ0v) is 24.3. The molecule has 0 aromatic rings. The van der Waals surface area contributed by atoms with Crippen molar-refractivity contribution in [2.75, 3.05) is 0 Å². The number of esters is 2. The van der Waals surface area contributed by atoms with Crippen molar-refractivity contribution in [3.8, 4) is 0 Å². The van der Waals surface area contributed by atoms with Crippen molar-refractivity contribution in [3.63, 3.8) is 0 Å². The summed E-state index contributed by atoms with van der Waals surface area (Å²) in [5.74, 6) is -2.09. The average Bonchev–Trinajstić information content (AvgIpc) is 3.45. The summed E-state index contributed by atoms with van der Waals surface area (Å²) in [5, 5.41) is 11.7. The molecule has 0 bridgehead atoms. The molecule has 10 atom stereocenters. The Bertz CT molecular complexity index is 1080. The number of epoxide rings is 1. The number of rotatable bonds is 5. The highest BCUT2D eigenvalue weighted by atomic mass is 16.7. The third-order valence-electron chi connectivity index (χ3n) is 10.5. The lowest BCUT2D eigenvalue weighted by Gasteiger charge is -2.67. The Morgan fingerprint density at radius 2 is 1.71 bits per heavy atom. The average molecular weight is 533 g/mol. The predicted molar refractivity (Wildman–Crippen MR) is 140 cm³/mol. The van der Waals surface area contributed by atoms with Gasteiger partial charge in [-0.25, -0.2) is 9.59 Å². The Kier molecular flexibility index (Phi) is 6.86. The Balaban J connectivity index is 1.80. The smallest absolute Gasteiger partial charge is 0.341 e. The molecule has 2 aliphatic carbocycles. The molecule has 2 aliphatic heterocycles. The van der Waals surface area contributed by atoms with E-state index >= 15 is 0 Å². The van der Waals surface area contributed by atoms with Gasteiger partial charge in [-0.2, -0.15) is 0 Å². The molecule has 0 amide bonds. The lowest BCUT2D eigenvalue weighted by Crippen LogP contribution is -2.74. The van der Waals surface area contributed by atoms with Crippen molar-refractivity contribution in [1.29, 1.82) is 0 Å². The van der Waals surface area contributed by atoms with Gasteiger partial charge in [0.1, 0.15) is 17.8 Å². The predicted octanol–water partition coefficient (Wildman–Crippen LogP) is 4.08. The quantitative estimate of drug-likeness (QED) is 0.244. The fraction of sp³-hybridized carbons (Fsp3) is 0.767. The van der Waals surface area contributed by atoms with Gasteiger partial charge in [0.05, 0.1) is 17.8 Å². The maximum atomic E-state index is 13.9. The van der Waals surface area contributed by atoms with Crippen LogP contribution in [-0.4, -0.2) is 64.0 Å². The minimum absolute atomic E-state index is 0.127. The van der Waals surface area contributed by atoms with E-state index in [2.05, 4.69) is 6.58 Å². The molecular weight excluding hydrogens is 488 g/mol. The van der Waals surface area contributed by atoms with Crippen LogP contribution >= 0.6 is 0 Å². The van der Waals surface area contributed by atoms with Gasteiger partial charge in [0, 0.05) is 41.6 Å². The second-order valence-electron chi connectivity index (χ2n) is 13.2. The molecule has 2 saturated heterocycles. The SMILES string of the molecule is C=CC1(C)CC(O)C2C(C)(O1)C(=O)CC1C(C)(C)C(OC(=O)C3(C)OC3C)CC(OC(=O)C(C)=CC)C21C. The molecule has 212 valence electrons. The van der Waals surface area contributed by atoms with Crippen LogP contribution in [0, 0.1) is 22.7 Å². The number of allylic oxidation sites excluding steroid dienone is 1. The minimum atomic E-state index is -1.31. The molecule has 38 heavy (non-hydrogen) atoms. The number of ketones is 1. The van der Waals surface area contributed by atoms with Crippen LogP contribution in [0.25, 0.3) is 0 Å². The summed E-state index contributed by atoms with van der Waals surface area (Å²) >= 11 is 0.